The van der Waals surface area contributed by atoms with E-state index in [4.69, 9.17) is 14.5 Å². The average Bonchev–Trinajstić information content (AvgIpc) is 3.31. The molecule has 0 aliphatic rings. The third kappa shape index (κ3) is 5.69. The Kier molecular flexibility index (Phi) is 8.03. The van der Waals surface area contributed by atoms with Crippen LogP contribution in [0.25, 0.3) is 10.2 Å². The standard InChI is InChI=1S/C26H27N3O3S2/c1-18-9-11-20(12-10-18)33-16-6-8-23(30)29(17-19-7-4-5-15-27-19)26-28-24-21(31-2)13-14-22(32-3)25(24)34-26/h4-5,7,9-15H,6,8,16-17H2,1-3H3. The molecule has 0 radical (unpaired) electrons. The van der Waals surface area contributed by atoms with Crippen molar-refractivity contribution in [2.75, 3.05) is 24.9 Å². The Morgan fingerprint density at radius 1 is 1.03 bits per heavy atom. The number of pyridine rings is 1. The smallest absolute Gasteiger partial charge is 0.229 e. The van der Waals surface area contributed by atoms with Crippen molar-refractivity contribution < 1.29 is 14.3 Å². The van der Waals surface area contributed by atoms with E-state index < -0.39 is 0 Å². The number of fused-ring (bicyclic) bond motifs is 1. The van der Waals surface area contributed by atoms with Crippen molar-refractivity contribution in [3.8, 4) is 11.5 Å². The van der Waals surface area contributed by atoms with Crippen molar-refractivity contribution in [2.45, 2.75) is 31.2 Å². The Bertz CT molecular complexity index is 1200. The molecule has 2 aromatic heterocycles. The lowest BCUT2D eigenvalue weighted by Crippen LogP contribution is -2.30. The number of thiazole rings is 1. The number of hydrogen-bond acceptors (Lipinski definition) is 7. The van der Waals surface area contributed by atoms with Crippen molar-refractivity contribution in [1.29, 1.82) is 0 Å². The average molecular weight is 494 g/mol. The number of amides is 1. The maximum Gasteiger partial charge on any atom is 0.229 e. The molecule has 0 fully saturated rings. The Hall–Kier alpha value is -3.10. The zero-order valence-corrected chi connectivity index (χ0v) is 21.1. The minimum Gasteiger partial charge on any atom is -0.495 e. The Balaban J connectivity index is 1.54. The Morgan fingerprint density at radius 2 is 1.79 bits per heavy atom. The summed E-state index contributed by atoms with van der Waals surface area (Å²) in [4.78, 5) is 25.5. The van der Waals surface area contributed by atoms with Crippen molar-refractivity contribution >= 4 is 44.4 Å². The highest BCUT2D eigenvalue weighted by Gasteiger charge is 2.23. The van der Waals surface area contributed by atoms with Crippen LogP contribution in [0.3, 0.4) is 0 Å². The lowest BCUT2D eigenvalue weighted by Gasteiger charge is -2.19. The number of carbonyl (C=O) groups excluding carboxylic acids is 1. The topological polar surface area (TPSA) is 64.6 Å². The van der Waals surface area contributed by atoms with Crippen molar-refractivity contribution in [1.82, 2.24) is 9.97 Å². The number of ether oxygens (including phenoxy) is 2. The van der Waals surface area contributed by atoms with Crippen LogP contribution in [0, 0.1) is 6.92 Å². The van der Waals surface area contributed by atoms with E-state index in [2.05, 4.69) is 36.2 Å². The van der Waals surface area contributed by atoms with Crippen LogP contribution < -0.4 is 14.4 Å². The molecule has 0 atom stereocenters. The monoisotopic (exact) mass is 493 g/mol. The van der Waals surface area contributed by atoms with Gasteiger partial charge in [0.05, 0.1) is 26.5 Å². The number of methoxy groups -OCH3 is 2. The predicted octanol–water partition coefficient (Wildman–Crippen LogP) is 6.12. The number of rotatable bonds is 10. The summed E-state index contributed by atoms with van der Waals surface area (Å²) in [5.74, 6) is 2.25. The molecule has 0 N–H and O–H groups in total. The predicted molar refractivity (Wildman–Crippen MR) is 139 cm³/mol. The molecule has 2 aromatic carbocycles. The zero-order chi connectivity index (χ0) is 23.9. The molecule has 0 bridgehead atoms. The van der Waals surface area contributed by atoms with E-state index in [0.29, 0.717) is 35.1 Å². The largest absolute Gasteiger partial charge is 0.495 e. The lowest BCUT2D eigenvalue weighted by atomic mass is 10.2. The number of anilines is 1. The Labute approximate surface area is 207 Å². The molecular weight excluding hydrogens is 466 g/mol. The fourth-order valence-electron chi connectivity index (χ4n) is 3.49. The van der Waals surface area contributed by atoms with E-state index in [-0.39, 0.29) is 5.91 Å². The first-order valence-corrected chi connectivity index (χ1v) is 12.8. The van der Waals surface area contributed by atoms with Gasteiger partial charge in [-0.25, -0.2) is 4.98 Å². The van der Waals surface area contributed by atoms with E-state index in [1.165, 1.54) is 21.8 Å². The first kappa shape index (κ1) is 24.0. The van der Waals surface area contributed by atoms with Gasteiger partial charge in [0, 0.05) is 17.5 Å². The summed E-state index contributed by atoms with van der Waals surface area (Å²) >= 11 is 3.19. The van der Waals surface area contributed by atoms with Gasteiger partial charge in [-0.2, -0.15) is 0 Å². The van der Waals surface area contributed by atoms with E-state index in [0.717, 1.165) is 22.6 Å². The Morgan fingerprint density at radius 3 is 2.50 bits per heavy atom. The van der Waals surface area contributed by atoms with Crippen LogP contribution in [0.1, 0.15) is 24.1 Å². The summed E-state index contributed by atoms with van der Waals surface area (Å²) in [6.45, 7) is 2.44. The third-order valence-electron chi connectivity index (χ3n) is 5.30. The normalized spacial score (nSPS) is 10.9. The molecule has 0 unspecified atom stereocenters. The van der Waals surface area contributed by atoms with Crippen LogP contribution in [0.4, 0.5) is 5.13 Å². The van der Waals surface area contributed by atoms with Crippen LogP contribution in [0.5, 0.6) is 11.5 Å². The molecule has 176 valence electrons. The van der Waals surface area contributed by atoms with Gasteiger partial charge in [-0.3, -0.25) is 14.7 Å². The summed E-state index contributed by atoms with van der Waals surface area (Å²) < 4.78 is 11.9. The molecule has 6 nitrogen and oxygen atoms in total. The van der Waals surface area contributed by atoms with Gasteiger partial charge in [-0.1, -0.05) is 35.1 Å². The van der Waals surface area contributed by atoms with Gasteiger partial charge >= 0.3 is 0 Å². The summed E-state index contributed by atoms with van der Waals surface area (Å²) in [7, 11) is 3.24. The molecule has 34 heavy (non-hydrogen) atoms. The van der Waals surface area contributed by atoms with Crippen LogP contribution in [0.2, 0.25) is 0 Å². The maximum atomic E-state index is 13.4. The lowest BCUT2D eigenvalue weighted by molar-refractivity contribution is -0.118. The highest BCUT2D eigenvalue weighted by Crippen LogP contribution is 2.40. The van der Waals surface area contributed by atoms with Crippen LogP contribution in [0.15, 0.2) is 65.7 Å². The van der Waals surface area contributed by atoms with E-state index >= 15 is 0 Å². The minimum atomic E-state index is 0.0205. The molecule has 8 heteroatoms. The van der Waals surface area contributed by atoms with Crippen molar-refractivity contribution in [3.63, 3.8) is 0 Å². The second-order valence-corrected chi connectivity index (χ2v) is 9.86. The molecule has 0 saturated heterocycles. The number of carbonyl (C=O) groups is 1. The van der Waals surface area contributed by atoms with Gasteiger partial charge < -0.3 is 9.47 Å². The summed E-state index contributed by atoms with van der Waals surface area (Å²) in [5, 5.41) is 0.611. The van der Waals surface area contributed by atoms with Gasteiger partial charge in [0.25, 0.3) is 0 Å². The van der Waals surface area contributed by atoms with E-state index in [9.17, 15) is 4.79 Å². The summed E-state index contributed by atoms with van der Waals surface area (Å²) in [5.41, 5.74) is 2.74. The highest BCUT2D eigenvalue weighted by atomic mass is 32.2. The zero-order valence-electron chi connectivity index (χ0n) is 19.5. The fourth-order valence-corrected chi connectivity index (χ4v) is 5.43. The van der Waals surface area contributed by atoms with Gasteiger partial charge in [-0.15, -0.1) is 11.8 Å². The molecule has 2 heterocycles. The first-order chi connectivity index (χ1) is 16.6. The molecule has 4 aromatic rings. The van der Waals surface area contributed by atoms with Gasteiger partial charge in [-0.05, 0) is 55.5 Å². The van der Waals surface area contributed by atoms with Crippen LogP contribution in [-0.2, 0) is 11.3 Å². The summed E-state index contributed by atoms with van der Waals surface area (Å²) in [6.07, 6.45) is 2.93. The number of benzene rings is 2. The number of hydrogen-bond donors (Lipinski definition) is 0. The van der Waals surface area contributed by atoms with Gasteiger partial charge in [0.1, 0.15) is 21.7 Å². The number of aryl methyl sites for hydroxylation is 1. The van der Waals surface area contributed by atoms with Crippen LogP contribution >= 0.6 is 23.1 Å². The second kappa shape index (κ2) is 11.4. The van der Waals surface area contributed by atoms with Crippen molar-refractivity contribution in [3.05, 3.63) is 72.1 Å². The number of thioether (sulfide) groups is 1. The first-order valence-electron chi connectivity index (χ1n) is 11.0. The van der Waals surface area contributed by atoms with Gasteiger partial charge in [0.15, 0.2) is 5.13 Å². The fraction of sp³-hybridized carbons (Fsp3) is 0.269. The molecule has 1 amide bonds. The molecule has 0 saturated carbocycles. The van der Waals surface area contributed by atoms with E-state index in [1.54, 1.807) is 37.1 Å². The van der Waals surface area contributed by atoms with Crippen LogP contribution in [-0.4, -0.2) is 35.8 Å². The molecule has 0 aliphatic heterocycles. The minimum absolute atomic E-state index is 0.0205. The van der Waals surface area contributed by atoms with E-state index in [1.807, 2.05) is 30.3 Å². The molecular formula is C26H27N3O3S2. The maximum absolute atomic E-state index is 13.4. The third-order valence-corrected chi connectivity index (χ3v) is 7.49. The molecule has 0 aliphatic carbocycles. The number of nitrogens with zero attached hydrogens (tertiary/aromatic N) is 3. The van der Waals surface area contributed by atoms with Crippen molar-refractivity contribution in [2.24, 2.45) is 0 Å². The summed E-state index contributed by atoms with van der Waals surface area (Å²) in [6, 6.07) is 17.9. The molecule has 0 spiro atoms. The highest BCUT2D eigenvalue weighted by molar-refractivity contribution is 7.99. The quantitative estimate of drug-likeness (QED) is 0.196. The number of aromatic nitrogens is 2. The van der Waals surface area contributed by atoms with Gasteiger partial charge in [0.2, 0.25) is 5.91 Å². The second-order valence-electron chi connectivity index (χ2n) is 7.71. The molecule has 4 rings (SSSR count). The SMILES string of the molecule is COc1ccc(OC)c2sc(N(Cc3ccccn3)C(=O)CCCSc3ccc(C)cc3)nc12.